The number of carbonyl (C=O) groups is 1. The van der Waals surface area contributed by atoms with Crippen molar-refractivity contribution < 1.29 is 4.79 Å². The second-order valence-electron chi connectivity index (χ2n) is 4.88. The highest BCUT2D eigenvalue weighted by Gasteiger charge is 2.19. The lowest BCUT2D eigenvalue weighted by Crippen LogP contribution is -2.06. The first-order chi connectivity index (χ1) is 9.04. The van der Waals surface area contributed by atoms with Crippen LogP contribution >= 0.6 is 11.5 Å². The van der Waals surface area contributed by atoms with Crippen LogP contribution in [0.1, 0.15) is 51.0 Å². The van der Waals surface area contributed by atoms with Crippen molar-refractivity contribution >= 4 is 17.3 Å². The third kappa shape index (κ3) is 2.73. The van der Waals surface area contributed by atoms with Crippen molar-refractivity contribution in [3.8, 4) is 0 Å². The van der Waals surface area contributed by atoms with Crippen LogP contribution < -0.4 is 0 Å². The Kier molecular flexibility index (Phi) is 4.10. The standard InChI is InChI=1S/C15H18N2OS/c1-5-6-13-15(19-17-16-13)14(18)12-8-10(3)9(2)7-11(12)4/h7-8H,5-6H2,1-4H3. The van der Waals surface area contributed by atoms with Gasteiger partial charge in [-0.2, -0.15) is 0 Å². The van der Waals surface area contributed by atoms with Gasteiger partial charge in [0.1, 0.15) is 4.88 Å². The zero-order valence-electron chi connectivity index (χ0n) is 11.8. The van der Waals surface area contributed by atoms with Crippen LogP contribution in [0.25, 0.3) is 0 Å². The fraction of sp³-hybridized carbons (Fsp3) is 0.400. The Balaban J connectivity index is 2.44. The Hall–Kier alpha value is -1.55. The molecule has 19 heavy (non-hydrogen) atoms. The van der Waals surface area contributed by atoms with Gasteiger partial charge in [0.15, 0.2) is 0 Å². The Labute approximate surface area is 117 Å². The number of nitrogens with zero attached hydrogens (tertiary/aromatic N) is 2. The number of aromatic nitrogens is 2. The highest BCUT2D eigenvalue weighted by Crippen LogP contribution is 2.22. The van der Waals surface area contributed by atoms with Crippen molar-refractivity contribution in [3.63, 3.8) is 0 Å². The quantitative estimate of drug-likeness (QED) is 0.799. The predicted molar refractivity (Wildman–Crippen MR) is 78.0 cm³/mol. The van der Waals surface area contributed by atoms with Crippen molar-refractivity contribution in [2.75, 3.05) is 0 Å². The minimum atomic E-state index is 0.0547. The Morgan fingerprint density at radius 1 is 1.16 bits per heavy atom. The summed E-state index contributed by atoms with van der Waals surface area (Å²) in [6.07, 6.45) is 1.78. The SMILES string of the molecule is CCCc1nnsc1C(=O)c1cc(C)c(C)cc1C. The summed E-state index contributed by atoms with van der Waals surface area (Å²) in [6.45, 7) is 8.15. The lowest BCUT2D eigenvalue weighted by Gasteiger charge is -2.08. The first kappa shape index (κ1) is 13.9. The highest BCUT2D eigenvalue weighted by atomic mass is 32.1. The topological polar surface area (TPSA) is 42.9 Å². The molecule has 2 rings (SSSR count). The number of hydrogen-bond acceptors (Lipinski definition) is 4. The molecule has 3 nitrogen and oxygen atoms in total. The highest BCUT2D eigenvalue weighted by molar-refractivity contribution is 7.08. The van der Waals surface area contributed by atoms with E-state index in [9.17, 15) is 4.79 Å². The molecule has 1 aromatic heterocycles. The van der Waals surface area contributed by atoms with E-state index in [0.29, 0.717) is 4.88 Å². The molecule has 0 bridgehead atoms. The number of aryl methyl sites for hydroxylation is 4. The van der Waals surface area contributed by atoms with E-state index in [1.165, 1.54) is 17.1 Å². The van der Waals surface area contributed by atoms with Gasteiger partial charge in [0.25, 0.3) is 0 Å². The number of hydrogen-bond donors (Lipinski definition) is 0. The average molecular weight is 274 g/mol. The third-order valence-corrected chi connectivity index (χ3v) is 4.10. The fourth-order valence-corrected chi connectivity index (χ4v) is 2.77. The average Bonchev–Trinajstić information content (AvgIpc) is 2.82. The van der Waals surface area contributed by atoms with Crippen molar-refractivity contribution in [2.45, 2.75) is 40.5 Å². The maximum Gasteiger partial charge on any atom is 0.206 e. The third-order valence-electron chi connectivity index (χ3n) is 3.33. The monoisotopic (exact) mass is 274 g/mol. The molecule has 0 radical (unpaired) electrons. The number of carbonyl (C=O) groups excluding carboxylic acids is 1. The van der Waals surface area contributed by atoms with Gasteiger partial charge in [-0.15, -0.1) is 5.10 Å². The van der Waals surface area contributed by atoms with Gasteiger partial charge in [0.2, 0.25) is 5.78 Å². The molecule has 2 aromatic rings. The van der Waals surface area contributed by atoms with E-state index in [1.54, 1.807) is 0 Å². The molecule has 0 fully saturated rings. The molecule has 0 aliphatic carbocycles. The van der Waals surface area contributed by atoms with Gasteiger partial charge in [-0.05, 0) is 61.5 Å². The van der Waals surface area contributed by atoms with E-state index in [2.05, 4.69) is 29.5 Å². The van der Waals surface area contributed by atoms with Crippen molar-refractivity contribution in [1.82, 2.24) is 9.59 Å². The molecule has 0 unspecified atom stereocenters. The van der Waals surface area contributed by atoms with Crippen LogP contribution in [0, 0.1) is 20.8 Å². The fourth-order valence-electron chi connectivity index (χ4n) is 2.11. The molecule has 4 heteroatoms. The molecule has 100 valence electrons. The first-order valence-corrected chi connectivity index (χ1v) is 7.25. The van der Waals surface area contributed by atoms with Crippen molar-refractivity contribution in [2.24, 2.45) is 0 Å². The molecule has 1 heterocycles. The van der Waals surface area contributed by atoms with Crippen LogP contribution in [0.2, 0.25) is 0 Å². The maximum absolute atomic E-state index is 12.6. The van der Waals surface area contributed by atoms with Crippen LogP contribution in [0.4, 0.5) is 0 Å². The molecule has 0 aliphatic rings. The maximum atomic E-state index is 12.6. The van der Waals surface area contributed by atoms with E-state index < -0.39 is 0 Å². The molecule has 0 saturated heterocycles. The largest absolute Gasteiger partial charge is 0.288 e. The van der Waals surface area contributed by atoms with Gasteiger partial charge in [-0.25, -0.2) is 0 Å². The molecule has 0 atom stereocenters. The van der Waals surface area contributed by atoms with Gasteiger partial charge >= 0.3 is 0 Å². The Morgan fingerprint density at radius 2 is 1.84 bits per heavy atom. The zero-order valence-corrected chi connectivity index (χ0v) is 12.6. The predicted octanol–water partition coefficient (Wildman–Crippen LogP) is 3.65. The van der Waals surface area contributed by atoms with E-state index in [1.807, 2.05) is 19.9 Å². The molecule has 0 saturated carbocycles. The van der Waals surface area contributed by atoms with Crippen molar-refractivity contribution in [1.29, 1.82) is 0 Å². The molecule has 0 spiro atoms. The second kappa shape index (κ2) is 5.61. The number of ketones is 1. The summed E-state index contributed by atoms with van der Waals surface area (Å²) in [5.74, 6) is 0.0547. The summed E-state index contributed by atoms with van der Waals surface area (Å²) < 4.78 is 3.93. The van der Waals surface area contributed by atoms with Crippen LogP contribution in [0.15, 0.2) is 12.1 Å². The normalized spacial score (nSPS) is 10.7. The van der Waals surface area contributed by atoms with E-state index >= 15 is 0 Å². The number of benzene rings is 1. The first-order valence-electron chi connectivity index (χ1n) is 6.48. The van der Waals surface area contributed by atoms with Crippen molar-refractivity contribution in [3.05, 3.63) is 45.0 Å². The van der Waals surface area contributed by atoms with Crippen LogP contribution in [0.5, 0.6) is 0 Å². The van der Waals surface area contributed by atoms with Gasteiger partial charge in [-0.3, -0.25) is 4.79 Å². The Bertz CT molecular complexity index is 617. The number of rotatable bonds is 4. The molecular weight excluding hydrogens is 256 g/mol. The molecule has 0 N–H and O–H groups in total. The molecular formula is C15H18N2OS. The summed E-state index contributed by atoms with van der Waals surface area (Å²) >= 11 is 1.20. The summed E-state index contributed by atoms with van der Waals surface area (Å²) in [6, 6.07) is 4.04. The van der Waals surface area contributed by atoms with E-state index in [4.69, 9.17) is 0 Å². The summed E-state index contributed by atoms with van der Waals surface area (Å²) in [4.78, 5) is 13.3. The zero-order chi connectivity index (χ0) is 14.0. The smallest absolute Gasteiger partial charge is 0.206 e. The minimum Gasteiger partial charge on any atom is -0.288 e. The summed E-state index contributed by atoms with van der Waals surface area (Å²) in [5.41, 5.74) is 4.97. The Morgan fingerprint density at radius 3 is 2.53 bits per heavy atom. The van der Waals surface area contributed by atoms with Crippen LogP contribution in [-0.4, -0.2) is 15.4 Å². The van der Waals surface area contributed by atoms with Crippen LogP contribution in [-0.2, 0) is 6.42 Å². The lowest BCUT2D eigenvalue weighted by molar-refractivity contribution is 0.104. The van der Waals surface area contributed by atoms with Gasteiger partial charge in [0.05, 0.1) is 5.69 Å². The lowest BCUT2D eigenvalue weighted by atomic mass is 9.97. The second-order valence-corrected chi connectivity index (χ2v) is 5.63. The molecule has 0 aliphatic heterocycles. The van der Waals surface area contributed by atoms with E-state index in [0.717, 1.165) is 35.2 Å². The van der Waals surface area contributed by atoms with E-state index in [-0.39, 0.29) is 5.78 Å². The van der Waals surface area contributed by atoms with Crippen LogP contribution in [0.3, 0.4) is 0 Å². The van der Waals surface area contributed by atoms with Gasteiger partial charge < -0.3 is 0 Å². The molecule has 0 amide bonds. The minimum absolute atomic E-state index is 0.0547. The van der Waals surface area contributed by atoms with Gasteiger partial charge in [0, 0.05) is 5.56 Å². The van der Waals surface area contributed by atoms with Gasteiger partial charge in [-0.1, -0.05) is 23.9 Å². The summed E-state index contributed by atoms with van der Waals surface area (Å²) in [7, 11) is 0. The summed E-state index contributed by atoms with van der Waals surface area (Å²) in [5, 5.41) is 4.07. The molecule has 1 aromatic carbocycles.